The molecule has 8 heteroatoms. The summed E-state index contributed by atoms with van der Waals surface area (Å²) in [5, 5.41) is 0.479. The van der Waals surface area contributed by atoms with Gasteiger partial charge >= 0.3 is 0 Å². The molecule has 3 rings (SSSR count). The van der Waals surface area contributed by atoms with E-state index in [2.05, 4.69) is 0 Å². The molecule has 0 saturated carbocycles. The number of hydrogen-bond acceptors (Lipinski definition) is 4. The summed E-state index contributed by atoms with van der Waals surface area (Å²) < 4.78 is 38.6. The Kier molecular flexibility index (Phi) is 5.67. The Morgan fingerprint density at radius 2 is 1.85 bits per heavy atom. The highest BCUT2D eigenvalue weighted by atomic mass is 35.5. The van der Waals surface area contributed by atoms with Crippen LogP contribution >= 0.6 is 23.2 Å². The van der Waals surface area contributed by atoms with Gasteiger partial charge in [-0.1, -0.05) is 29.3 Å². The van der Waals surface area contributed by atoms with Crippen LogP contribution in [0.25, 0.3) is 0 Å². The summed E-state index contributed by atoms with van der Waals surface area (Å²) in [5.41, 5.74) is 0.799. The van der Waals surface area contributed by atoms with Gasteiger partial charge in [-0.05, 0) is 37.1 Å². The molecule has 1 aliphatic rings. The number of sulfonamides is 1. The Labute approximate surface area is 163 Å². The number of nitrogens with zero attached hydrogens (tertiary/aromatic N) is 1. The number of methoxy groups -OCH3 is 2. The molecule has 1 unspecified atom stereocenters. The molecule has 0 spiro atoms. The van der Waals surface area contributed by atoms with Gasteiger partial charge in [0.1, 0.15) is 16.4 Å². The Bertz CT molecular complexity index is 917. The van der Waals surface area contributed by atoms with Gasteiger partial charge in [-0.2, -0.15) is 4.31 Å². The predicted octanol–water partition coefficient (Wildman–Crippen LogP) is 4.54. The summed E-state index contributed by atoms with van der Waals surface area (Å²) in [7, 11) is -0.673. The van der Waals surface area contributed by atoms with Crippen molar-refractivity contribution in [2.24, 2.45) is 0 Å². The molecule has 140 valence electrons. The van der Waals surface area contributed by atoms with Gasteiger partial charge in [0, 0.05) is 23.2 Å². The number of hydrogen-bond donors (Lipinski definition) is 0. The van der Waals surface area contributed by atoms with Gasteiger partial charge in [-0.25, -0.2) is 8.42 Å². The minimum atomic E-state index is -3.80. The molecule has 2 aromatic rings. The third-order valence-electron chi connectivity index (χ3n) is 4.48. The Morgan fingerprint density at radius 3 is 2.54 bits per heavy atom. The van der Waals surface area contributed by atoms with Crippen molar-refractivity contribution in [1.82, 2.24) is 4.31 Å². The van der Waals surface area contributed by atoms with Crippen LogP contribution in [0.1, 0.15) is 24.4 Å². The highest BCUT2D eigenvalue weighted by molar-refractivity contribution is 7.89. The molecule has 1 saturated heterocycles. The third-order valence-corrected chi connectivity index (χ3v) is 7.11. The molecule has 1 atom stereocenters. The Morgan fingerprint density at radius 1 is 1.08 bits per heavy atom. The average molecular weight is 416 g/mol. The quantitative estimate of drug-likeness (QED) is 0.719. The molecular weight excluding hydrogens is 397 g/mol. The van der Waals surface area contributed by atoms with Crippen LogP contribution in [0.3, 0.4) is 0 Å². The molecule has 26 heavy (non-hydrogen) atoms. The lowest BCUT2D eigenvalue weighted by atomic mass is 10.0. The second kappa shape index (κ2) is 7.64. The SMILES string of the molecule is COc1ccc(C2CCCN2S(=O)(=O)c2cc(Cl)ccc2Cl)c(OC)c1. The summed E-state index contributed by atoms with van der Waals surface area (Å²) in [6.45, 7) is 0.408. The summed E-state index contributed by atoms with van der Waals surface area (Å²) in [4.78, 5) is 0.0195. The minimum Gasteiger partial charge on any atom is -0.497 e. The van der Waals surface area contributed by atoms with Gasteiger partial charge in [0.2, 0.25) is 10.0 Å². The standard InChI is InChI=1S/C18H19Cl2NO4S/c1-24-13-6-7-14(17(11-13)25-2)16-4-3-9-21(16)26(22,23)18-10-12(19)5-8-15(18)20/h5-8,10-11,16H,3-4,9H2,1-2H3. The molecule has 5 nitrogen and oxygen atoms in total. The first kappa shape index (κ1) is 19.3. The molecule has 1 heterocycles. The molecule has 0 radical (unpaired) electrons. The van der Waals surface area contributed by atoms with Gasteiger partial charge in [0.25, 0.3) is 0 Å². The van der Waals surface area contributed by atoms with E-state index in [9.17, 15) is 8.42 Å². The minimum absolute atomic E-state index is 0.0195. The molecule has 1 aliphatic heterocycles. The fourth-order valence-corrected chi connectivity index (χ4v) is 5.65. The zero-order chi connectivity index (χ0) is 18.9. The Balaban J connectivity index is 2.04. The van der Waals surface area contributed by atoms with Crippen LogP contribution in [0.2, 0.25) is 10.0 Å². The van der Waals surface area contributed by atoms with E-state index in [1.54, 1.807) is 32.4 Å². The number of ether oxygens (including phenoxy) is 2. The second-order valence-corrected chi connectivity index (χ2v) is 8.66. The predicted molar refractivity (Wildman–Crippen MR) is 102 cm³/mol. The lowest BCUT2D eigenvalue weighted by molar-refractivity contribution is 0.361. The number of benzene rings is 2. The maximum absolute atomic E-state index is 13.2. The van der Waals surface area contributed by atoms with Crippen LogP contribution < -0.4 is 9.47 Å². The van der Waals surface area contributed by atoms with Crippen LogP contribution in [0, 0.1) is 0 Å². The van der Waals surface area contributed by atoms with E-state index >= 15 is 0 Å². The summed E-state index contributed by atoms with van der Waals surface area (Å²) >= 11 is 12.1. The van der Waals surface area contributed by atoms with Crippen LogP contribution in [-0.2, 0) is 10.0 Å². The molecule has 0 amide bonds. The summed E-state index contributed by atoms with van der Waals surface area (Å²) in [5.74, 6) is 1.24. The first-order valence-electron chi connectivity index (χ1n) is 8.07. The number of halogens is 2. The molecular formula is C18H19Cl2NO4S. The van der Waals surface area contributed by atoms with Gasteiger partial charge in [0.15, 0.2) is 0 Å². The van der Waals surface area contributed by atoms with E-state index in [0.29, 0.717) is 29.5 Å². The van der Waals surface area contributed by atoms with Crippen molar-refractivity contribution in [3.8, 4) is 11.5 Å². The Hall–Kier alpha value is -1.47. The maximum Gasteiger partial charge on any atom is 0.245 e. The first-order chi connectivity index (χ1) is 12.4. The van der Waals surface area contributed by atoms with Gasteiger partial charge < -0.3 is 9.47 Å². The summed E-state index contributed by atoms with van der Waals surface area (Å²) in [6.07, 6.45) is 1.44. The lowest BCUT2D eigenvalue weighted by Crippen LogP contribution is -2.31. The van der Waals surface area contributed by atoms with Crippen molar-refractivity contribution in [2.75, 3.05) is 20.8 Å². The van der Waals surface area contributed by atoms with E-state index in [-0.39, 0.29) is 16.0 Å². The fraction of sp³-hybridized carbons (Fsp3) is 0.333. The molecule has 0 aromatic heterocycles. The van der Waals surface area contributed by atoms with Crippen molar-refractivity contribution in [3.63, 3.8) is 0 Å². The topological polar surface area (TPSA) is 55.8 Å². The monoisotopic (exact) mass is 415 g/mol. The van der Waals surface area contributed by atoms with Crippen LogP contribution in [-0.4, -0.2) is 33.5 Å². The molecule has 0 N–H and O–H groups in total. The van der Waals surface area contributed by atoms with Crippen LogP contribution in [0.15, 0.2) is 41.3 Å². The van der Waals surface area contributed by atoms with Crippen molar-refractivity contribution < 1.29 is 17.9 Å². The molecule has 0 bridgehead atoms. The van der Waals surface area contributed by atoms with Crippen molar-refractivity contribution >= 4 is 33.2 Å². The molecule has 1 fully saturated rings. The van der Waals surface area contributed by atoms with Gasteiger partial charge in [-0.3, -0.25) is 0 Å². The van der Waals surface area contributed by atoms with E-state index < -0.39 is 10.0 Å². The van der Waals surface area contributed by atoms with E-state index in [1.165, 1.54) is 16.4 Å². The molecule has 0 aliphatic carbocycles. The zero-order valence-electron chi connectivity index (χ0n) is 14.4. The lowest BCUT2D eigenvalue weighted by Gasteiger charge is -2.26. The van der Waals surface area contributed by atoms with Crippen molar-refractivity contribution in [3.05, 3.63) is 52.0 Å². The highest BCUT2D eigenvalue weighted by Gasteiger charge is 2.38. The van der Waals surface area contributed by atoms with Gasteiger partial charge in [0.05, 0.1) is 25.3 Å². The molecule has 2 aromatic carbocycles. The normalized spacial score (nSPS) is 18.1. The first-order valence-corrected chi connectivity index (χ1v) is 10.3. The largest absolute Gasteiger partial charge is 0.497 e. The third kappa shape index (κ3) is 3.51. The smallest absolute Gasteiger partial charge is 0.245 e. The highest BCUT2D eigenvalue weighted by Crippen LogP contribution is 2.42. The number of rotatable bonds is 5. The summed E-state index contributed by atoms with van der Waals surface area (Å²) in [6, 6.07) is 9.51. The second-order valence-electron chi connectivity index (χ2n) is 5.96. The van der Waals surface area contributed by atoms with E-state index in [1.807, 2.05) is 6.07 Å². The fourth-order valence-electron chi connectivity index (χ4n) is 3.23. The van der Waals surface area contributed by atoms with Crippen molar-refractivity contribution in [2.45, 2.75) is 23.8 Å². The van der Waals surface area contributed by atoms with Crippen LogP contribution in [0.4, 0.5) is 0 Å². The van der Waals surface area contributed by atoms with E-state index in [4.69, 9.17) is 32.7 Å². The van der Waals surface area contributed by atoms with Crippen LogP contribution in [0.5, 0.6) is 11.5 Å². The van der Waals surface area contributed by atoms with Crippen molar-refractivity contribution in [1.29, 1.82) is 0 Å². The van der Waals surface area contributed by atoms with Gasteiger partial charge in [-0.15, -0.1) is 0 Å². The average Bonchev–Trinajstić information content (AvgIpc) is 3.13. The zero-order valence-corrected chi connectivity index (χ0v) is 16.7. The van der Waals surface area contributed by atoms with E-state index in [0.717, 1.165) is 12.0 Å². The maximum atomic E-state index is 13.2.